The van der Waals surface area contributed by atoms with Crippen molar-refractivity contribution in [2.45, 2.75) is 31.8 Å². The molecule has 0 saturated heterocycles. The van der Waals surface area contributed by atoms with E-state index in [1.165, 1.54) is 12.8 Å². The quantitative estimate of drug-likeness (QED) is 0.421. The second-order valence-electron chi connectivity index (χ2n) is 8.23. The minimum atomic E-state index is -0.0988. The average molecular weight is 431 g/mol. The highest BCUT2D eigenvalue weighted by Gasteiger charge is 2.24. The summed E-state index contributed by atoms with van der Waals surface area (Å²) in [6.45, 7) is 0.774. The van der Waals surface area contributed by atoms with Gasteiger partial charge in [0.15, 0.2) is 5.82 Å². The lowest BCUT2D eigenvalue weighted by molar-refractivity contribution is 0.0769. The number of hydrogen-bond acceptors (Lipinski definition) is 6. The number of ether oxygens (including phenoxy) is 1. The third kappa shape index (κ3) is 4.27. The van der Waals surface area contributed by atoms with Gasteiger partial charge in [-0.1, -0.05) is 23.4 Å². The Hall–Kier alpha value is -3.52. The summed E-state index contributed by atoms with van der Waals surface area (Å²) in [6.07, 6.45) is 7.04. The average Bonchev–Trinajstić information content (AvgIpc) is 3.37. The van der Waals surface area contributed by atoms with Crippen molar-refractivity contribution in [3.8, 4) is 11.1 Å². The van der Waals surface area contributed by atoms with E-state index in [0.717, 1.165) is 21.9 Å². The second kappa shape index (κ2) is 8.55. The van der Waals surface area contributed by atoms with Crippen LogP contribution in [0, 0.1) is 0 Å². The van der Waals surface area contributed by atoms with E-state index in [2.05, 4.69) is 44.3 Å². The molecule has 2 aromatic carbocycles. The molecule has 1 aliphatic rings. The Morgan fingerprint density at radius 2 is 2.00 bits per heavy atom. The van der Waals surface area contributed by atoms with Gasteiger partial charge in [-0.25, -0.2) is 0 Å². The van der Waals surface area contributed by atoms with Gasteiger partial charge in [-0.3, -0.25) is 9.48 Å². The van der Waals surface area contributed by atoms with Crippen LogP contribution in [-0.2, 0) is 17.7 Å². The van der Waals surface area contributed by atoms with Crippen molar-refractivity contribution >= 4 is 16.7 Å². The van der Waals surface area contributed by atoms with Crippen LogP contribution < -0.4 is 0 Å². The third-order valence-corrected chi connectivity index (χ3v) is 5.70. The maximum atomic E-state index is 12.9. The van der Waals surface area contributed by atoms with E-state index in [-0.39, 0.29) is 12.5 Å². The lowest BCUT2D eigenvalue weighted by atomic mass is 10.0. The van der Waals surface area contributed by atoms with Crippen LogP contribution >= 0.6 is 0 Å². The SMILES string of the molecule is COCCc1noc(CN(C)C(=O)c2ccc3cc(-c4cnn(C5CC5)c4)ccc3c2)n1. The largest absolute Gasteiger partial charge is 0.384 e. The number of nitrogens with zero attached hydrogens (tertiary/aromatic N) is 5. The molecule has 32 heavy (non-hydrogen) atoms. The summed E-state index contributed by atoms with van der Waals surface area (Å²) in [7, 11) is 3.35. The number of methoxy groups -OCH3 is 1. The zero-order valence-electron chi connectivity index (χ0n) is 18.2. The predicted molar refractivity (Wildman–Crippen MR) is 119 cm³/mol. The van der Waals surface area contributed by atoms with E-state index in [1.54, 1.807) is 19.1 Å². The molecule has 2 aromatic heterocycles. The van der Waals surface area contributed by atoms with E-state index in [0.29, 0.717) is 36.3 Å². The van der Waals surface area contributed by atoms with Crippen molar-refractivity contribution in [2.75, 3.05) is 20.8 Å². The van der Waals surface area contributed by atoms with Gasteiger partial charge in [-0.05, 0) is 47.4 Å². The minimum absolute atomic E-state index is 0.0988. The lowest BCUT2D eigenvalue weighted by Gasteiger charge is -2.15. The molecule has 0 N–H and O–H groups in total. The number of rotatable bonds is 8. The van der Waals surface area contributed by atoms with Gasteiger partial charge < -0.3 is 14.2 Å². The summed E-state index contributed by atoms with van der Waals surface area (Å²) in [5.41, 5.74) is 2.86. The first-order valence-corrected chi connectivity index (χ1v) is 10.7. The van der Waals surface area contributed by atoms with Crippen molar-refractivity contribution in [3.05, 3.63) is 66.1 Å². The molecule has 1 saturated carbocycles. The number of hydrogen-bond donors (Lipinski definition) is 0. The zero-order valence-corrected chi connectivity index (χ0v) is 18.2. The topological polar surface area (TPSA) is 86.3 Å². The van der Waals surface area contributed by atoms with Crippen molar-refractivity contribution in [3.63, 3.8) is 0 Å². The van der Waals surface area contributed by atoms with Gasteiger partial charge in [0.05, 0.1) is 25.4 Å². The molecule has 0 spiro atoms. The Balaban J connectivity index is 1.30. The van der Waals surface area contributed by atoms with Gasteiger partial charge in [0.1, 0.15) is 0 Å². The maximum Gasteiger partial charge on any atom is 0.254 e. The van der Waals surface area contributed by atoms with Crippen molar-refractivity contribution in [1.29, 1.82) is 0 Å². The van der Waals surface area contributed by atoms with Crippen LogP contribution in [0.2, 0.25) is 0 Å². The van der Waals surface area contributed by atoms with Crippen molar-refractivity contribution in [2.24, 2.45) is 0 Å². The molecule has 0 radical (unpaired) electrons. The summed E-state index contributed by atoms with van der Waals surface area (Å²) >= 11 is 0. The van der Waals surface area contributed by atoms with Crippen LogP contribution in [0.15, 0.2) is 53.3 Å². The summed E-state index contributed by atoms with van der Waals surface area (Å²) < 4.78 is 12.3. The molecule has 1 fully saturated rings. The number of carbonyl (C=O) groups excluding carboxylic acids is 1. The molecular formula is C24H25N5O3. The van der Waals surface area contributed by atoms with Gasteiger partial charge in [-0.15, -0.1) is 0 Å². The highest BCUT2D eigenvalue weighted by atomic mass is 16.5. The fraction of sp³-hybridized carbons (Fsp3) is 0.333. The Kier molecular flexibility index (Phi) is 5.45. The first-order chi connectivity index (χ1) is 15.6. The van der Waals surface area contributed by atoms with Crippen molar-refractivity contribution in [1.82, 2.24) is 24.8 Å². The second-order valence-corrected chi connectivity index (χ2v) is 8.23. The molecule has 4 aromatic rings. The Morgan fingerprint density at radius 1 is 1.19 bits per heavy atom. The molecule has 0 bridgehead atoms. The molecule has 8 nitrogen and oxygen atoms in total. The Labute approximate surface area is 185 Å². The molecule has 0 aliphatic heterocycles. The number of carbonyl (C=O) groups is 1. The molecule has 8 heteroatoms. The Bertz CT molecular complexity index is 1260. The minimum Gasteiger partial charge on any atom is -0.384 e. The summed E-state index contributed by atoms with van der Waals surface area (Å²) in [4.78, 5) is 18.8. The first-order valence-electron chi connectivity index (χ1n) is 10.7. The van der Waals surface area contributed by atoms with Crippen LogP contribution in [0.3, 0.4) is 0 Å². The molecular weight excluding hydrogens is 406 g/mol. The highest BCUT2D eigenvalue weighted by molar-refractivity contribution is 5.99. The number of fused-ring (bicyclic) bond motifs is 1. The van der Waals surface area contributed by atoms with Crippen LogP contribution in [0.4, 0.5) is 0 Å². The molecule has 0 unspecified atom stereocenters. The maximum absolute atomic E-state index is 12.9. The normalized spacial score (nSPS) is 13.6. The summed E-state index contributed by atoms with van der Waals surface area (Å²) in [5.74, 6) is 0.884. The van der Waals surface area contributed by atoms with Crippen LogP contribution in [0.1, 0.15) is 41.0 Å². The molecule has 164 valence electrons. The molecule has 2 heterocycles. The molecule has 1 amide bonds. The standard InChI is InChI=1S/C24H25N5O3/c1-28(15-23-26-22(27-32-23)9-10-31-2)24(30)19-6-5-16-11-18(4-3-17(16)12-19)20-13-25-29(14-20)21-7-8-21/h3-6,11-14,21H,7-10,15H2,1-2H3. The van der Waals surface area contributed by atoms with E-state index in [4.69, 9.17) is 9.26 Å². The van der Waals surface area contributed by atoms with E-state index in [9.17, 15) is 4.79 Å². The fourth-order valence-corrected chi connectivity index (χ4v) is 3.73. The molecule has 0 atom stereocenters. The highest BCUT2D eigenvalue weighted by Crippen LogP contribution is 2.35. The zero-order chi connectivity index (χ0) is 22.1. The van der Waals surface area contributed by atoms with Gasteiger partial charge in [0.2, 0.25) is 5.89 Å². The van der Waals surface area contributed by atoms with Gasteiger partial charge in [-0.2, -0.15) is 10.1 Å². The van der Waals surface area contributed by atoms with E-state index >= 15 is 0 Å². The number of aromatic nitrogens is 4. The van der Waals surface area contributed by atoms with Crippen LogP contribution in [0.5, 0.6) is 0 Å². The van der Waals surface area contributed by atoms with Crippen molar-refractivity contribution < 1.29 is 14.1 Å². The summed E-state index contributed by atoms with van der Waals surface area (Å²) in [5, 5.41) is 10.5. The Morgan fingerprint density at radius 3 is 2.81 bits per heavy atom. The van der Waals surface area contributed by atoms with Gasteiger partial charge in [0.25, 0.3) is 5.91 Å². The number of amides is 1. The monoisotopic (exact) mass is 431 g/mol. The number of benzene rings is 2. The van der Waals surface area contributed by atoms with E-state index < -0.39 is 0 Å². The molecule has 5 rings (SSSR count). The summed E-state index contributed by atoms with van der Waals surface area (Å²) in [6, 6.07) is 12.6. The third-order valence-electron chi connectivity index (χ3n) is 5.70. The van der Waals surface area contributed by atoms with Gasteiger partial charge in [0, 0.05) is 37.9 Å². The molecule has 1 aliphatic carbocycles. The smallest absolute Gasteiger partial charge is 0.254 e. The van der Waals surface area contributed by atoms with Gasteiger partial charge >= 0.3 is 0 Å². The fourth-order valence-electron chi connectivity index (χ4n) is 3.73. The lowest BCUT2D eigenvalue weighted by Crippen LogP contribution is -2.26. The predicted octanol–water partition coefficient (Wildman–Crippen LogP) is 3.88. The van der Waals surface area contributed by atoms with E-state index in [1.807, 2.05) is 24.4 Å². The first kappa shape index (κ1) is 20.4. The van der Waals surface area contributed by atoms with Crippen LogP contribution in [-0.4, -0.2) is 51.5 Å². The van der Waals surface area contributed by atoms with Crippen LogP contribution in [0.25, 0.3) is 21.9 Å².